The molecule has 1 heterocycles. The summed E-state index contributed by atoms with van der Waals surface area (Å²) in [6.07, 6.45) is 4.55. The van der Waals surface area contributed by atoms with E-state index in [4.69, 9.17) is 11.6 Å². The monoisotopic (exact) mass is 282 g/mol. The van der Waals surface area contributed by atoms with Gasteiger partial charge in [0.1, 0.15) is 0 Å². The van der Waals surface area contributed by atoms with Crippen molar-refractivity contribution in [3.63, 3.8) is 0 Å². The lowest BCUT2D eigenvalue weighted by atomic mass is 9.77. The molecule has 0 amide bonds. The van der Waals surface area contributed by atoms with Gasteiger partial charge in [-0.25, -0.2) is 0 Å². The van der Waals surface area contributed by atoms with Crippen molar-refractivity contribution in [2.75, 3.05) is 13.1 Å². The van der Waals surface area contributed by atoms with Crippen LogP contribution in [-0.4, -0.2) is 18.1 Å². The Morgan fingerprint density at radius 1 is 1.26 bits per heavy atom. The maximum Gasteiger partial charge on any atom is 0.0621 e. The quantitative estimate of drug-likeness (QED) is 0.846. The van der Waals surface area contributed by atoms with Crippen molar-refractivity contribution in [3.8, 4) is 0 Å². The SMILES string of the molecule is CC(C)CNCC(Cc1ccncc1Cl)C(C)(C)C. The number of pyridine rings is 1. The number of aromatic nitrogens is 1. The number of halogens is 1. The van der Waals surface area contributed by atoms with Gasteiger partial charge < -0.3 is 5.32 Å². The normalized spacial score (nSPS) is 13.8. The Kier molecular flexibility index (Phi) is 6.28. The highest BCUT2D eigenvalue weighted by Gasteiger charge is 2.25. The Labute approximate surface area is 123 Å². The number of rotatable bonds is 6. The average molecular weight is 283 g/mol. The Morgan fingerprint density at radius 3 is 2.47 bits per heavy atom. The third kappa shape index (κ3) is 5.92. The summed E-state index contributed by atoms with van der Waals surface area (Å²) in [5, 5.41) is 4.35. The molecular formula is C16H27ClN2. The minimum atomic E-state index is 0.260. The van der Waals surface area contributed by atoms with E-state index in [9.17, 15) is 0 Å². The fraction of sp³-hybridized carbons (Fsp3) is 0.688. The van der Waals surface area contributed by atoms with Crippen LogP contribution in [0, 0.1) is 17.3 Å². The first-order valence-corrected chi connectivity index (χ1v) is 7.47. The third-order valence-corrected chi connectivity index (χ3v) is 3.83. The molecule has 1 aromatic heterocycles. The summed E-state index contributed by atoms with van der Waals surface area (Å²) < 4.78 is 0. The van der Waals surface area contributed by atoms with Crippen LogP contribution in [-0.2, 0) is 6.42 Å². The highest BCUT2D eigenvalue weighted by Crippen LogP contribution is 2.30. The Morgan fingerprint density at radius 2 is 1.95 bits per heavy atom. The van der Waals surface area contributed by atoms with Crippen LogP contribution in [0.3, 0.4) is 0 Å². The van der Waals surface area contributed by atoms with Crippen LogP contribution >= 0.6 is 11.6 Å². The van der Waals surface area contributed by atoms with E-state index >= 15 is 0 Å². The fourth-order valence-electron chi connectivity index (χ4n) is 2.07. The summed E-state index contributed by atoms with van der Waals surface area (Å²) in [6, 6.07) is 2.03. The molecule has 0 aliphatic carbocycles. The van der Waals surface area contributed by atoms with Crippen LogP contribution in [0.15, 0.2) is 18.5 Å². The predicted molar refractivity (Wildman–Crippen MR) is 83.6 cm³/mol. The second kappa shape index (κ2) is 7.25. The second-order valence-electron chi connectivity index (χ2n) is 6.79. The molecule has 2 nitrogen and oxygen atoms in total. The maximum atomic E-state index is 6.22. The lowest BCUT2D eigenvalue weighted by Gasteiger charge is -2.31. The molecule has 19 heavy (non-hydrogen) atoms. The molecule has 0 spiro atoms. The first kappa shape index (κ1) is 16.5. The Hall–Kier alpha value is -0.600. The lowest BCUT2D eigenvalue weighted by molar-refractivity contribution is 0.228. The van der Waals surface area contributed by atoms with Gasteiger partial charge in [-0.05, 0) is 48.4 Å². The predicted octanol–water partition coefficient (Wildman–Crippen LogP) is 4.19. The number of hydrogen-bond donors (Lipinski definition) is 1. The second-order valence-corrected chi connectivity index (χ2v) is 7.19. The molecule has 0 bridgehead atoms. The van der Waals surface area contributed by atoms with Crippen LogP contribution in [0.2, 0.25) is 5.02 Å². The van der Waals surface area contributed by atoms with Crippen LogP contribution < -0.4 is 5.32 Å². The van der Waals surface area contributed by atoms with Gasteiger partial charge in [0.05, 0.1) is 5.02 Å². The van der Waals surface area contributed by atoms with E-state index in [0.717, 1.165) is 24.5 Å². The lowest BCUT2D eigenvalue weighted by Crippen LogP contribution is -2.35. The van der Waals surface area contributed by atoms with Crippen molar-refractivity contribution in [1.82, 2.24) is 10.3 Å². The van der Waals surface area contributed by atoms with Gasteiger partial charge in [0.2, 0.25) is 0 Å². The van der Waals surface area contributed by atoms with Gasteiger partial charge in [0.15, 0.2) is 0 Å². The van der Waals surface area contributed by atoms with Gasteiger partial charge in [0, 0.05) is 12.4 Å². The molecule has 0 aliphatic heterocycles. The van der Waals surface area contributed by atoms with Crippen molar-refractivity contribution in [1.29, 1.82) is 0 Å². The van der Waals surface area contributed by atoms with E-state index in [-0.39, 0.29) is 5.41 Å². The first-order valence-electron chi connectivity index (χ1n) is 7.09. The molecular weight excluding hydrogens is 256 g/mol. The minimum Gasteiger partial charge on any atom is -0.316 e. The highest BCUT2D eigenvalue weighted by molar-refractivity contribution is 6.31. The third-order valence-electron chi connectivity index (χ3n) is 3.49. The zero-order valence-electron chi connectivity index (χ0n) is 12.8. The molecule has 0 aliphatic rings. The molecule has 1 unspecified atom stereocenters. The zero-order valence-corrected chi connectivity index (χ0v) is 13.6. The van der Waals surface area contributed by atoms with Crippen molar-refractivity contribution in [3.05, 3.63) is 29.0 Å². The Balaban J connectivity index is 2.68. The molecule has 0 aromatic carbocycles. The maximum absolute atomic E-state index is 6.22. The van der Waals surface area contributed by atoms with Gasteiger partial charge in [0.25, 0.3) is 0 Å². The average Bonchev–Trinajstić information content (AvgIpc) is 2.28. The van der Waals surface area contributed by atoms with Crippen LogP contribution in [0.1, 0.15) is 40.2 Å². The fourth-order valence-corrected chi connectivity index (χ4v) is 2.26. The first-order chi connectivity index (χ1) is 8.80. The van der Waals surface area contributed by atoms with E-state index in [1.165, 1.54) is 5.56 Å². The van der Waals surface area contributed by atoms with Crippen molar-refractivity contribution in [2.45, 2.75) is 41.0 Å². The van der Waals surface area contributed by atoms with Crippen molar-refractivity contribution in [2.24, 2.45) is 17.3 Å². The van der Waals surface area contributed by atoms with Crippen LogP contribution in [0.25, 0.3) is 0 Å². The summed E-state index contributed by atoms with van der Waals surface area (Å²) in [7, 11) is 0. The molecule has 1 atom stereocenters. The Bertz CT molecular complexity index is 383. The van der Waals surface area contributed by atoms with Crippen LogP contribution in [0.4, 0.5) is 0 Å². The van der Waals surface area contributed by atoms with Gasteiger partial charge in [-0.15, -0.1) is 0 Å². The van der Waals surface area contributed by atoms with Gasteiger partial charge >= 0.3 is 0 Å². The minimum absolute atomic E-state index is 0.260. The molecule has 1 rings (SSSR count). The molecule has 3 heteroatoms. The summed E-state index contributed by atoms with van der Waals surface area (Å²) in [6.45, 7) is 13.5. The van der Waals surface area contributed by atoms with Gasteiger partial charge in [-0.1, -0.05) is 46.2 Å². The van der Waals surface area contributed by atoms with Gasteiger partial charge in [-0.3, -0.25) is 4.98 Å². The van der Waals surface area contributed by atoms with Crippen molar-refractivity contribution < 1.29 is 0 Å². The summed E-state index contributed by atoms with van der Waals surface area (Å²) in [4.78, 5) is 4.05. The highest BCUT2D eigenvalue weighted by atomic mass is 35.5. The molecule has 0 radical (unpaired) electrons. The molecule has 0 saturated carbocycles. The zero-order chi connectivity index (χ0) is 14.5. The molecule has 0 saturated heterocycles. The topological polar surface area (TPSA) is 24.9 Å². The van der Waals surface area contributed by atoms with E-state index < -0.39 is 0 Å². The molecule has 1 N–H and O–H groups in total. The standard InChI is InChI=1S/C16H27ClN2/c1-12(2)9-19-10-14(16(3,4)5)8-13-6-7-18-11-15(13)17/h6-7,11-12,14,19H,8-10H2,1-5H3. The summed E-state index contributed by atoms with van der Waals surface area (Å²) >= 11 is 6.22. The largest absolute Gasteiger partial charge is 0.316 e. The number of nitrogens with one attached hydrogen (secondary N) is 1. The summed E-state index contributed by atoms with van der Waals surface area (Å²) in [5.74, 6) is 1.25. The van der Waals surface area contributed by atoms with Crippen molar-refractivity contribution >= 4 is 11.6 Å². The van der Waals surface area contributed by atoms with Crippen LogP contribution in [0.5, 0.6) is 0 Å². The van der Waals surface area contributed by atoms with Gasteiger partial charge in [-0.2, -0.15) is 0 Å². The van der Waals surface area contributed by atoms with E-state index in [0.29, 0.717) is 11.8 Å². The van der Waals surface area contributed by atoms with E-state index in [1.54, 1.807) is 6.20 Å². The number of nitrogens with zero attached hydrogens (tertiary/aromatic N) is 1. The molecule has 108 valence electrons. The molecule has 1 aromatic rings. The van der Waals surface area contributed by atoms with E-state index in [1.807, 2.05) is 12.3 Å². The van der Waals surface area contributed by atoms with E-state index in [2.05, 4.69) is 44.9 Å². The number of hydrogen-bond acceptors (Lipinski definition) is 2. The smallest absolute Gasteiger partial charge is 0.0621 e. The molecule has 0 fully saturated rings. The summed E-state index contributed by atoms with van der Waals surface area (Å²) in [5.41, 5.74) is 1.46.